The quantitative estimate of drug-likeness (QED) is 0.884. The molecule has 0 bridgehead atoms. The molecule has 0 aliphatic carbocycles. The second-order valence-electron chi connectivity index (χ2n) is 3.88. The van der Waals surface area contributed by atoms with Crippen molar-refractivity contribution >= 4 is 29.1 Å². The normalized spacial score (nSPS) is 16.1. The molecule has 1 amide bonds. The van der Waals surface area contributed by atoms with E-state index in [2.05, 4.69) is 0 Å². The summed E-state index contributed by atoms with van der Waals surface area (Å²) in [5.41, 5.74) is 0.461. The Morgan fingerprint density at radius 2 is 2.12 bits per heavy atom. The molecule has 1 heterocycles. The maximum atomic E-state index is 11.9. The van der Waals surface area contributed by atoms with E-state index in [-0.39, 0.29) is 18.4 Å². The van der Waals surface area contributed by atoms with Crippen LogP contribution in [-0.4, -0.2) is 35.6 Å². The minimum Gasteiger partial charge on any atom is -0.396 e. The highest BCUT2D eigenvalue weighted by Gasteiger charge is 2.31. The minimum atomic E-state index is -0.105. The van der Waals surface area contributed by atoms with Gasteiger partial charge in [-0.15, -0.1) is 0 Å². The van der Waals surface area contributed by atoms with Crippen molar-refractivity contribution in [2.24, 2.45) is 5.92 Å². The summed E-state index contributed by atoms with van der Waals surface area (Å²) in [6.45, 7) is 1.31. The van der Waals surface area contributed by atoms with Gasteiger partial charge in [0.25, 0.3) is 5.91 Å². The number of likely N-dealkylation sites (tertiary alicyclic amines) is 1. The van der Waals surface area contributed by atoms with Gasteiger partial charge in [-0.05, 0) is 18.2 Å². The van der Waals surface area contributed by atoms with Crippen LogP contribution in [0.5, 0.6) is 0 Å². The molecular weight excluding hydrogens is 249 g/mol. The molecule has 1 fully saturated rings. The van der Waals surface area contributed by atoms with E-state index in [1.54, 1.807) is 23.1 Å². The molecular formula is C11H11Cl2NO2. The minimum absolute atomic E-state index is 0.105. The second kappa shape index (κ2) is 4.62. The first-order chi connectivity index (χ1) is 7.61. The number of carbonyl (C=O) groups excluding carboxylic acids is 1. The molecule has 0 saturated carbocycles. The Hall–Kier alpha value is -0.770. The molecule has 0 radical (unpaired) electrons. The molecule has 0 atom stereocenters. The third kappa shape index (κ3) is 2.17. The Bertz CT molecular complexity index is 416. The maximum absolute atomic E-state index is 11.9. The molecule has 5 heteroatoms. The van der Waals surface area contributed by atoms with Crippen LogP contribution in [0.25, 0.3) is 0 Å². The first kappa shape index (κ1) is 11.7. The lowest BCUT2D eigenvalue weighted by atomic mass is 10.00. The van der Waals surface area contributed by atoms with Crippen molar-refractivity contribution in [1.82, 2.24) is 4.90 Å². The van der Waals surface area contributed by atoms with Crippen molar-refractivity contribution in [3.8, 4) is 0 Å². The molecule has 1 aliphatic heterocycles. The van der Waals surface area contributed by atoms with Gasteiger partial charge in [0.15, 0.2) is 0 Å². The van der Waals surface area contributed by atoms with E-state index in [0.717, 1.165) is 0 Å². The summed E-state index contributed by atoms with van der Waals surface area (Å²) in [4.78, 5) is 13.6. The largest absolute Gasteiger partial charge is 0.396 e. The summed E-state index contributed by atoms with van der Waals surface area (Å²) >= 11 is 11.7. The van der Waals surface area contributed by atoms with E-state index in [1.807, 2.05) is 0 Å². The van der Waals surface area contributed by atoms with Gasteiger partial charge in [0, 0.05) is 30.6 Å². The highest BCUT2D eigenvalue weighted by atomic mass is 35.5. The van der Waals surface area contributed by atoms with Crippen LogP contribution in [0.1, 0.15) is 10.4 Å². The summed E-state index contributed by atoms with van der Waals surface area (Å²) in [5, 5.41) is 9.74. The van der Waals surface area contributed by atoms with Crippen molar-refractivity contribution in [2.75, 3.05) is 19.7 Å². The molecule has 0 aromatic heterocycles. The standard InChI is InChI=1S/C11H11Cl2NO2/c12-8-1-2-9(10(13)3-8)11(16)14-4-7(5-14)6-15/h1-3,7,15H,4-6H2. The Morgan fingerprint density at radius 1 is 1.44 bits per heavy atom. The molecule has 1 saturated heterocycles. The first-order valence-electron chi connectivity index (χ1n) is 4.97. The summed E-state index contributed by atoms with van der Waals surface area (Å²) in [6.07, 6.45) is 0. The molecule has 0 unspecified atom stereocenters. The number of rotatable bonds is 2. The number of nitrogens with zero attached hydrogens (tertiary/aromatic N) is 1. The predicted octanol–water partition coefficient (Wildman–Crippen LogP) is 2.06. The van der Waals surface area contributed by atoms with E-state index >= 15 is 0 Å². The number of hydrogen-bond donors (Lipinski definition) is 1. The van der Waals surface area contributed by atoms with E-state index in [4.69, 9.17) is 28.3 Å². The fourth-order valence-electron chi connectivity index (χ4n) is 1.68. The van der Waals surface area contributed by atoms with E-state index in [0.29, 0.717) is 28.7 Å². The number of halogens is 2. The van der Waals surface area contributed by atoms with Crippen LogP contribution < -0.4 is 0 Å². The molecule has 1 N–H and O–H groups in total. The zero-order chi connectivity index (χ0) is 11.7. The van der Waals surface area contributed by atoms with Crippen LogP contribution in [0.4, 0.5) is 0 Å². The van der Waals surface area contributed by atoms with Crippen LogP contribution in [-0.2, 0) is 0 Å². The Kier molecular flexibility index (Phi) is 3.38. The fourth-order valence-corrected chi connectivity index (χ4v) is 2.17. The van der Waals surface area contributed by atoms with Crippen molar-refractivity contribution in [2.45, 2.75) is 0 Å². The number of amides is 1. The number of benzene rings is 1. The maximum Gasteiger partial charge on any atom is 0.255 e. The topological polar surface area (TPSA) is 40.5 Å². The van der Waals surface area contributed by atoms with Gasteiger partial charge in [-0.1, -0.05) is 23.2 Å². The monoisotopic (exact) mass is 259 g/mol. The Balaban J connectivity index is 2.10. The summed E-state index contributed by atoms with van der Waals surface area (Å²) < 4.78 is 0. The van der Waals surface area contributed by atoms with E-state index in [1.165, 1.54) is 0 Å². The third-order valence-corrected chi connectivity index (χ3v) is 3.21. The molecule has 0 spiro atoms. The molecule has 86 valence electrons. The van der Waals surface area contributed by atoms with E-state index in [9.17, 15) is 4.79 Å². The van der Waals surface area contributed by atoms with Crippen molar-refractivity contribution in [1.29, 1.82) is 0 Å². The van der Waals surface area contributed by atoms with Gasteiger partial charge in [0.1, 0.15) is 0 Å². The van der Waals surface area contributed by atoms with E-state index < -0.39 is 0 Å². The van der Waals surface area contributed by atoms with Crippen LogP contribution in [0.15, 0.2) is 18.2 Å². The molecule has 16 heavy (non-hydrogen) atoms. The van der Waals surface area contributed by atoms with Gasteiger partial charge in [0.05, 0.1) is 10.6 Å². The van der Waals surface area contributed by atoms with Gasteiger partial charge in [-0.2, -0.15) is 0 Å². The van der Waals surface area contributed by atoms with Gasteiger partial charge in [0.2, 0.25) is 0 Å². The third-order valence-electron chi connectivity index (χ3n) is 2.66. The van der Waals surface area contributed by atoms with Gasteiger partial charge in [-0.3, -0.25) is 4.79 Å². The van der Waals surface area contributed by atoms with Crippen LogP contribution >= 0.6 is 23.2 Å². The van der Waals surface area contributed by atoms with Gasteiger partial charge in [-0.25, -0.2) is 0 Å². The molecule has 1 aromatic rings. The highest BCUT2D eigenvalue weighted by Crippen LogP contribution is 2.25. The zero-order valence-electron chi connectivity index (χ0n) is 8.49. The summed E-state index contributed by atoms with van der Waals surface area (Å²) in [5.74, 6) is 0.0985. The highest BCUT2D eigenvalue weighted by molar-refractivity contribution is 6.36. The van der Waals surface area contributed by atoms with Crippen LogP contribution in [0.2, 0.25) is 10.0 Å². The Morgan fingerprint density at radius 3 is 2.69 bits per heavy atom. The van der Waals surface area contributed by atoms with Gasteiger partial charge >= 0.3 is 0 Å². The first-order valence-corrected chi connectivity index (χ1v) is 5.72. The second-order valence-corrected chi connectivity index (χ2v) is 4.73. The van der Waals surface area contributed by atoms with Crippen molar-refractivity contribution in [3.05, 3.63) is 33.8 Å². The molecule has 1 aliphatic rings. The molecule has 1 aromatic carbocycles. The number of aliphatic hydroxyl groups is 1. The van der Waals surface area contributed by atoms with Crippen LogP contribution in [0.3, 0.4) is 0 Å². The smallest absolute Gasteiger partial charge is 0.255 e. The number of aliphatic hydroxyl groups excluding tert-OH is 1. The SMILES string of the molecule is O=C(c1ccc(Cl)cc1Cl)N1CC(CO)C1. The summed E-state index contributed by atoms with van der Waals surface area (Å²) in [6, 6.07) is 4.82. The van der Waals surface area contributed by atoms with Crippen molar-refractivity contribution < 1.29 is 9.90 Å². The average Bonchev–Trinajstić information content (AvgIpc) is 2.15. The average molecular weight is 260 g/mol. The lowest BCUT2D eigenvalue weighted by Gasteiger charge is -2.38. The number of carbonyl (C=O) groups is 1. The predicted molar refractivity (Wildman–Crippen MR) is 62.9 cm³/mol. The fraction of sp³-hybridized carbons (Fsp3) is 0.364. The van der Waals surface area contributed by atoms with Crippen LogP contribution in [0, 0.1) is 5.92 Å². The lowest BCUT2D eigenvalue weighted by Crippen LogP contribution is -2.51. The molecule has 2 rings (SSSR count). The van der Waals surface area contributed by atoms with Gasteiger partial charge < -0.3 is 10.0 Å². The Labute approximate surface area is 104 Å². The lowest BCUT2D eigenvalue weighted by molar-refractivity contribution is 0.0362. The zero-order valence-corrected chi connectivity index (χ0v) is 10.0. The summed E-state index contributed by atoms with van der Waals surface area (Å²) in [7, 11) is 0. The number of hydrogen-bond acceptors (Lipinski definition) is 2. The molecule has 3 nitrogen and oxygen atoms in total. The van der Waals surface area contributed by atoms with Crippen molar-refractivity contribution in [3.63, 3.8) is 0 Å².